The van der Waals surface area contributed by atoms with E-state index in [2.05, 4.69) is 47.8 Å². The van der Waals surface area contributed by atoms with E-state index in [1.807, 2.05) is 12.1 Å². The monoisotopic (exact) mass is 419 g/mol. The lowest BCUT2D eigenvalue weighted by atomic mass is 10.1. The minimum absolute atomic E-state index is 0. The number of nitrogens with one attached hydrogen (secondary N) is 1. The number of carbonyl (C=O) groups is 1. The molecule has 0 aliphatic heterocycles. The number of hydrogen-bond acceptors (Lipinski definition) is 3. The first-order valence-corrected chi connectivity index (χ1v) is 10.4. The van der Waals surface area contributed by atoms with Crippen molar-refractivity contribution in [2.45, 2.75) is 51.4 Å². The number of benzene rings is 2. The summed E-state index contributed by atoms with van der Waals surface area (Å²) in [5.41, 5.74) is 2.71. The van der Waals surface area contributed by atoms with Crippen molar-refractivity contribution in [2.75, 3.05) is 19.7 Å². The second kappa shape index (κ2) is 15.8. The molecule has 0 saturated heterocycles. The summed E-state index contributed by atoms with van der Waals surface area (Å²) in [5.74, 6) is 0.183. The van der Waals surface area contributed by atoms with Gasteiger partial charge in [-0.2, -0.15) is 0 Å². The van der Waals surface area contributed by atoms with Crippen molar-refractivity contribution in [3.8, 4) is 5.75 Å². The van der Waals surface area contributed by atoms with Gasteiger partial charge in [0.2, 0.25) is 0 Å². The van der Waals surface area contributed by atoms with Crippen LogP contribution in [-0.2, 0) is 17.6 Å². The smallest absolute Gasteiger partial charge is 0.304 e. The first-order chi connectivity index (χ1) is 13.7. The van der Waals surface area contributed by atoms with Gasteiger partial charge >= 0.3 is 5.97 Å². The average Bonchev–Trinajstić information content (AvgIpc) is 2.71. The van der Waals surface area contributed by atoms with E-state index in [0.717, 1.165) is 44.6 Å². The Bertz CT molecular complexity index is 662. The summed E-state index contributed by atoms with van der Waals surface area (Å²) >= 11 is 0. The normalized spacial score (nSPS) is 10.3. The fourth-order valence-corrected chi connectivity index (χ4v) is 3.11. The maximum absolute atomic E-state index is 10.4. The van der Waals surface area contributed by atoms with Gasteiger partial charge in [0.25, 0.3) is 0 Å². The van der Waals surface area contributed by atoms with E-state index in [4.69, 9.17) is 9.84 Å². The van der Waals surface area contributed by atoms with E-state index in [0.29, 0.717) is 6.54 Å². The molecule has 0 aromatic heterocycles. The average molecular weight is 420 g/mol. The fourth-order valence-electron chi connectivity index (χ4n) is 3.11. The Morgan fingerprint density at radius 1 is 0.793 bits per heavy atom. The summed E-state index contributed by atoms with van der Waals surface area (Å²) in [5, 5.41) is 11.7. The Morgan fingerprint density at radius 3 is 2.17 bits per heavy atom. The van der Waals surface area contributed by atoms with Crippen molar-refractivity contribution in [3.63, 3.8) is 0 Å². The summed E-state index contributed by atoms with van der Waals surface area (Å²) in [4.78, 5) is 10.4. The largest absolute Gasteiger partial charge is 0.494 e. The molecule has 4 nitrogen and oxygen atoms in total. The molecule has 0 fully saturated rings. The van der Waals surface area contributed by atoms with Crippen LogP contribution in [0.25, 0.3) is 0 Å². The van der Waals surface area contributed by atoms with Crippen LogP contribution in [0.3, 0.4) is 0 Å². The highest BCUT2D eigenvalue weighted by Gasteiger charge is 1.99. The molecule has 160 valence electrons. The van der Waals surface area contributed by atoms with Crippen LogP contribution in [0, 0.1) is 0 Å². The zero-order valence-electron chi connectivity index (χ0n) is 17.1. The minimum atomic E-state index is -0.754. The fraction of sp³-hybridized carbons (Fsp3) is 0.458. The molecule has 0 aliphatic rings. The first kappa shape index (κ1) is 25.0. The van der Waals surface area contributed by atoms with Gasteiger partial charge in [0, 0.05) is 6.54 Å². The number of ether oxygens (including phenoxy) is 1. The van der Waals surface area contributed by atoms with E-state index < -0.39 is 5.97 Å². The number of unbranched alkanes of at least 4 members (excludes halogenated alkanes) is 3. The van der Waals surface area contributed by atoms with Gasteiger partial charge < -0.3 is 15.2 Å². The Morgan fingerprint density at radius 2 is 1.45 bits per heavy atom. The maximum atomic E-state index is 10.4. The number of carboxylic acids is 1. The number of aryl methyl sites for hydroxylation is 2. The lowest BCUT2D eigenvalue weighted by Gasteiger charge is -2.08. The Kier molecular flexibility index (Phi) is 13.6. The topological polar surface area (TPSA) is 58.6 Å². The van der Waals surface area contributed by atoms with Crippen LogP contribution in [0.2, 0.25) is 0 Å². The Hall–Kier alpha value is -2.04. The van der Waals surface area contributed by atoms with Gasteiger partial charge in [-0.1, -0.05) is 55.3 Å². The highest BCUT2D eigenvalue weighted by atomic mass is 35.5. The summed E-state index contributed by atoms with van der Waals surface area (Å²) in [6.07, 6.45) is 8.13. The number of carboxylic acid groups (broad SMARTS) is 1. The zero-order valence-corrected chi connectivity index (χ0v) is 18.0. The van der Waals surface area contributed by atoms with E-state index in [1.54, 1.807) is 0 Å². The van der Waals surface area contributed by atoms with Crippen molar-refractivity contribution in [2.24, 2.45) is 0 Å². The summed E-state index contributed by atoms with van der Waals surface area (Å²) in [7, 11) is 0. The molecular formula is C24H34ClNO3. The van der Waals surface area contributed by atoms with Crippen molar-refractivity contribution in [3.05, 3.63) is 65.7 Å². The third-order valence-corrected chi connectivity index (χ3v) is 4.73. The molecule has 0 saturated carbocycles. The molecule has 0 atom stereocenters. The number of halogens is 1. The molecule has 2 aromatic carbocycles. The Labute approximate surface area is 181 Å². The molecule has 2 aromatic rings. The molecule has 0 bridgehead atoms. The third-order valence-electron chi connectivity index (χ3n) is 4.73. The number of rotatable bonds is 15. The first-order valence-electron chi connectivity index (χ1n) is 10.4. The quantitative estimate of drug-likeness (QED) is 0.385. The van der Waals surface area contributed by atoms with Crippen molar-refractivity contribution >= 4 is 18.4 Å². The molecule has 0 spiro atoms. The molecule has 5 heteroatoms. The lowest BCUT2D eigenvalue weighted by Crippen LogP contribution is -2.19. The summed E-state index contributed by atoms with van der Waals surface area (Å²) in [6, 6.07) is 19.0. The van der Waals surface area contributed by atoms with Crippen LogP contribution >= 0.6 is 12.4 Å². The molecule has 0 unspecified atom stereocenters. The van der Waals surface area contributed by atoms with Gasteiger partial charge in [-0.3, -0.25) is 4.79 Å². The van der Waals surface area contributed by atoms with Crippen LogP contribution in [0.1, 0.15) is 49.7 Å². The Balaban J connectivity index is 0.00000420. The molecule has 0 radical (unpaired) electrons. The van der Waals surface area contributed by atoms with Gasteiger partial charge in [0.1, 0.15) is 5.75 Å². The van der Waals surface area contributed by atoms with Gasteiger partial charge in [0.15, 0.2) is 0 Å². The highest BCUT2D eigenvalue weighted by molar-refractivity contribution is 5.85. The van der Waals surface area contributed by atoms with Crippen molar-refractivity contribution in [1.82, 2.24) is 5.32 Å². The van der Waals surface area contributed by atoms with Gasteiger partial charge in [0.05, 0.1) is 13.0 Å². The molecule has 2 rings (SSSR count). The van der Waals surface area contributed by atoms with E-state index >= 15 is 0 Å². The second-order valence-corrected chi connectivity index (χ2v) is 7.14. The van der Waals surface area contributed by atoms with Gasteiger partial charge in [-0.05, 0) is 61.9 Å². The van der Waals surface area contributed by atoms with Crippen molar-refractivity contribution < 1.29 is 14.6 Å². The van der Waals surface area contributed by atoms with Gasteiger partial charge in [-0.25, -0.2) is 0 Å². The van der Waals surface area contributed by atoms with Gasteiger partial charge in [-0.15, -0.1) is 12.4 Å². The van der Waals surface area contributed by atoms with Crippen LogP contribution in [0.15, 0.2) is 54.6 Å². The number of hydrogen-bond donors (Lipinski definition) is 2. The molecule has 0 aliphatic carbocycles. The zero-order chi connectivity index (χ0) is 19.9. The van der Waals surface area contributed by atoms with Crippen LogP contribution in [0.4, 0.5) is 0 Å². The lowest BCUT2D eigenvalue weighted by molar-refractivity contribution is -0.136. The van der Waals surface area contributed by atoms with E-state index in [9.17, 15) is 4.79 Å². The predicted octanol–water partition coefficient (Wildman–Crippen LogP) is 5.29. The summed E-state index contributed by atoms with van der Waals surface area (Å²) in [6.45, 7) is 2.16. The van der Waals surface area contributed by atoms with E-state index in [-0.39, 0.29) is 18.8 Å². The molecule has 0 heterocycles. The standard InChI is InChI=1S/C24H33NO3.ClH/c26-24(27)17-19-25-18-8-12-22-13-15-23(16-14-22)28-20-7-2-1-4-9-21-10-5-3-6-11-21;/h3,5-6,10-11,13-16,25H,1-2,4,7-9,12,17-20H2,(H,26,27);1H. The maximum Gasteiger partial charge on any atom is 0.304 e. The minimum Gasteiger partial charge on any atom is -0.494 e. The molecular weight excluding hydrogens is 386 g/mol. The predicted molar refractivity (Wildman–Crippen MR) is 121 cm³/mol. The van der Waals surface area contributed by atoms with Crippen LogP contribution < -0.4 is 10.1 Å². The van der Waals surface area contributed by atoms with E-state index in [1.165, 1.54) is 30.4 Å². The van der Waals surface area contributed by atoms with Crippen molar-refractivity contribution in [1.29, 1.82) is 0 Å². The molecule has 2 N–H and O–H groups in total. The SMILES string of the molecule is Cl.O=C(O)CCNCCCc1ccc(OCCCCCCc2ccccc2)cc1. The second-order valence-electron chi connectivity index (χ2n) is 7.14. The number of aliphatic carboxylic acids is 1. The molecule has 29 heavy (non-hydrogen) atoms. The third kappa shape index (κ3) is 12.2. The summed E-state index contributed by atoms with van der Waals surface area (Å²) < 4.78 is 5.84. The highest BCUT2D eigenvalue weighted by Crippen LogP contribution is 2.14. The van der Waals surface area contributed by atoms with Crippen LogP contribution in [0.5, 0.6) is 5.75 Å². The van der Waals surface area contributed by atoms with Crippen LogP contribution in [-0.4, -0.2) is 30.8 Å². The molecule has 0 amide bonds.